The first-order chi connectivity index (χ1) is 6.41. The van der Waals surface area contributed by atoms with Crippen LogP contribution in [0, 0.1) is 0 Å². The van der Waals surface area contributed by atoms with Crippen molar-refractivity contribution in [3.8, 4) is 0 Å². The van der Waals surface area contributed by atoms with Crippen LogP contribution in [-0.2, 0) is 9.47 Å². The SMILES string of the molecule is CC.CC.[I][V][I].c1ccccc1. The second-order valence-corrected chi connectivity index (χ2v) is 13.0. The van der Waals surface area contributed by atoms with Crippen molar-refractivity contribution >= 4 is 40.0 Å². The minimum Gasteiger partial charge on any atom is -0.0623 e. The van der Waals surface area contributed by atoms with Crippen LogP contribution >= 0.6 is 40.0 Å². The fourth-order valence-electron chi connectivity index (χ4n) is 0.385. The minimum absolute atomic E-state index is 0.628. The molecule has 0 aromatic heterocycles. The molecule has 1 aromatic carbocycles. The summed E-state index contributed by atoms with van der Waals surface area (Å²) in [5.41, 5.74) is 0. The average molecular weight is 443 g/mol. The topological polar surface area (TPSA) is 0 Å². The Morgan fingerprint density at radius 2 is 0.692 bits per heavy atom. The van der Waals surface area contributed by atoms with Gasteiger partial charge in [-0.15, -0.1) is 0 Å². The number of hydrogen-bond donors (Lipinski definition) is 0. The molecule has 3 heteroatoms. The van der Waals surface area contributed by atoms with Crippen LogP contribution in [-0.4, -0.2) is 0 Å². The maximum Gasteiger partial charge on any atom is -0.0623 e. The first kappa shape index (κ1) is 19.8. The van der Waals surface area contributed by atoms with E-state index in [1.807, 2.05) is 64.1 Å². The molecule has 13 heavy (non-hydrogen) atoms. The molecule has 0 heterocycles. The van der Waals surface area contributed by atoms with Crippen molar-refractivity contribution in [2.24, 2.45) is 0 Å². The fraction of sp³-hybridized carbons (Fsp3) is 0.400. The van der Waals surface area contributed by atoms with Gasteiger partial charge in [0.05, 0.1) is 0 Å². The number of halogens is 2. The van der Waals surface area contributed by atoms with Gasteiger partial charge in [0.2, 0.25) is 0 Å². The number of hydrogen-bond acceptors (Lipinski definition) is 0. The largest absolute Gasteiger partial charge is 0.0623 e. The molecule has 0 spiro atoms. The van der Waals surface area contributed by atoms with E-state index in [1.54, 1.807) is 0 Å². The predicted octanol–water partition coefficient (Wildman–Crippen LogP) is 5.51. The summed E-state index contributed by atoms with van der Waals surface area (Å²) >= 11 is 4.74. The van der Waals surface area contributed by atoms with Crippen LogP contribution in [0.5, 0.6) is 0 Å². The van der Waals surface area contributed by atoms with Gasteiger partial charge < -0.3 is 0 Å². The molecule has 1 rings (SSSR count). The van der Waals surface area contributed by atoms with Crippen molar-refractivity contribution in [1.82, 2.24) is 0 Å². The Hall–Kier alpha value is 1.26. The van der Waals surface area contributed by atoms with Crippen LogP contribution in [0.4, 0.5) is 0 Å². The van der Waals surface area contributed by atoms with Crippen molar-refractivity contribution in [3.05, 3.63) is 36.4 Å². The van der Waals surface area contributed by atoms with Crippen molar-refractivity contribution < 1.29 is 9.47 Å². The molecule has 0 aliphatic rings. The van der Waals surface area contributed by atoms with E-state index in [1.165, 1.54) is 0 Å². The van der Waals surface area contributed by atoms with Crippen molar-refractivity contribution in [3.63, 3.8) is 0 Å². The first-order valence-corrected chi connectivity index (χ1v) is 13.4. The standard InChI is InChI=1S/C6H6.2C2H6.2HI.V/c1-2-4-6-5-3-1;2*1-2;;;/h1-6H;2*1-2H3;2*1H;/q;;;;;+2/p-2. The molecule has 0 aliphatic heterocycles. The molecule has 0 aliphatic carbocycles. The van der Waals surface area contributed by atoms with Crippen LogP contribution < -0.4 is 0 Å². The molecule has 0 atom stereocenters. The maximum atomic E-state index is 2.37. The van der Waals surface area contributed by atoms with E-state index in [4.69, 9.17) is 0 Å². The molecule has 0 radical (unpaired) electrons. The van der Waals surface area contributed by atoms with Gasteiger partial charge in [0.15, 0.2) is 0 Å². The van der Waals surface area contributed by atoms with E-state index in [0.717, 1.165) is 0 Å². The summed E-state index contributed by atoms with van der Waals surface area (Å²) in [4.78, 5) is 0. The molecule has 0 bridgehead atoms. The second kappa shape index (κ2) is 29.2. The molecule has 77 valence electrons. The average Bonchev–Trinajstić information content (AvgIpc) is 2.27. The van der Waals surface area contributed by atoms with E-state index in [9.17, 15) is 0 Å². The van der Waals surface area contributed by atoms with Crippen LogP contribution in [0.15, 0.2) is 36.4 Å². The third-order valence-corrected chi connectivity index (χ3v) is 0.667. The predicted molar refractivity (Wildman–Crippen MR) is 77.2 cm³/mol. The van der Waals surface area contributed by atoms with Crippen molar-refractivity contribution in [1.29, 1.82) is 0 Å². The Morgan fingerprint density at radius 3 is 0.769 bits per heavy atom. The molecule has 0 nitrogen and oxygen atoms in total. The molecule has 1 aromatic rings. The summed E-state index contributed by atoms with van der Waals surface area (Å²) < 4.78 is 0. The summed E-state index contributed by atoms with van der Waals surface area (Å²) in [6.07, 6.45) is 0. The van der Waals surface area contributed by atoms with Gasteiger partial charge in [-0.3, -0.25) is 0 Å². The Morgan fingerprint density at radius 1 is 0.615 bits per heavy atom. The van der Waals surface area contributed by atoms with Gasteiger partial charge in [-0.25, -0.2) is 0 Å². The summed E-state index contributed by atoms with van der Waals surface area (Å²) in [5.74, 6) is 0. The Bertz CT molecular complexity index is 95.8. The van der Waals surface area contributed by atoms with Gasteiger partial charge in [0.1, 0.15) is 0 Å². The number of rotatable bonds is 0. The van der Waals surface area contributed by atoms with E-state index in [-0.39, 0.29) is 0 Å². The molecular weight excluding hydrogens is 425 g/mol. The van der Waals surface area contributed by atoms with Gasteiger partial charge in [-0.05, 0) is 0 Å². The third kappa shape index (κ3) is 31.9. The van der Waals surface area contributed by atoms with Crippen LogP contribution in [0.1, 0.15) is 27.7 Å². The molecule has 0 amide bonds. The van der Waals surface area contributed by atoms with E-state index >= 15 is 0 Å². The van der Waals surface area contributed by atoms with Crippen LogP contribution in [0.25, 0.3) is 0 Å². The van der Waals surface area contributed by atoms with Crippen LogP contribution in [0.2, 0.25) is 0 Å². The summed E-state index contributed by atoms with van der Waals surface area (Å²) in [6, 6.07) is 12.0. The first-order valence-electron chi connectivity index (χ1n) is 4.34. The molecule has 0 saturated carbocycles. The molecule has 0 fully saturated rings. The monoisotopic (exact) mass is 443 g/mol. The zero-order chi connectivity index (χ0) is 10.9. The number of benzene rings is 1. The smallest absolute Gasteiger partial charge is 0.0623 e. The summed E-state index contributed by atoms with van der Waals surface area (Å²) in [7, 11) is 0.628. The van der Waals surface area contributed by atoms with Crippen molar-refractivity contribution in [2.45, 2.75) is 27.7 Å². The fourth-order valence-corrected chi connectivity index (χ4v) is 0.385. The van der Waals surface area contributed by atoms with E-state index in [0.29, 0.717) is 9.47 Å². The molecule has 0 unspecified atom stereocenters. The molecule has 0 N–H and O–H groups in total. The minimum atomic E-state index is 0.628. The Labute approximate surface area is 112 Å². The quantitative estimate of drug-likeness (QED) is 0.465. The maximum absolute atomic E-state index is 2.37. The molecular formula is C10H18I2V. The van der Waals surface area contributed by atoms with Gasteiger partial charge in [0, 0.05) is 0 Å². The van der Waals surface area contributed by atoms with E-state index < -0.39 is 0 Å². The summed E-state index contributed by atoms with van der Waals surface area (Å²) in [6.45, 7) is 8.00. The zero-order valence-corrected chi connectivity index (χ0v) is 14.4. The molecule has 0 saturated heterocycles. The van der Waals surface area contributed by atoms with Gasteiger partial charge in [-0.1, -0.05) is 64.1 Å². The normalized spacial score (nSPS) is 5.69. The second-order valence-electron chi connectivity index (χ2n) is 1.22. The van der Waals surface area contributed by atoms with Crippen LogP contribution in [0.3, 0.4) is 0 Å². The van der Waals surface area contributed by atoms with E-state index in [2.05, 4.69) is 40.0 Å². The van der Waals surface area contributed by atoms with Gasteiger partial charge >= 0.3 is 49.4 Å². The van der Waals surface area contributed by atoms with Gasteiger partial charge in [-0.2, -0.15) is 0 Å². The zero-order valence-electron chi connectivity index (χ0n) is 8.67. The van der Waals surface area contributed by atoms with Crippen molar-refractivity contribution in [2.75, 3.05) is 0 Å². The Balaban J connectivity index is -0.000000124. The third-order valence-electron chi connectivity index (χ3n) is 0.667. The van der Waals surface area contributed by atoms with Gasteiger partial charge in [0.25, 0.3) is 0 Å². The summed E-state index contributed by atoms with van der Waals surface area (Å²) in [5, 5.41) is 0. The Kier molecular flexibility index (Phi) is 44.4.